The standard InChI is InChI=1S/C54H111S/c1-4-7-10-13-16-19-22-25-28-31-34-37-40-43-46-49-52-55(53-50-47-44-41-38-35-32-29-26-23-20-17-14-11-8-5-2)54-51-48-45-42-39-36-33-30-27-24-21-18-15-12-9-6-3/h4-54H2,1-3H3/q+1. The van der Waals surface area contributed by atoms with Gasteiger partial charge in [0.25, 0.3) is 0 Å². The molecular weight excluding hydrogens is 681 g/mol. The lowest BCUT2D eigenvalue weighted by atomic mass is 10.0. The maximum Gasteiger partial charge on any atom is 0.108 e. The topological polar surface area (TPSA) is 0 Å². The number of hydrogen-bond acceptors (Lipinski definition) is 0. The minimum Gasteiger partial charge on any atom is -0.0654 e. The Morgan fingerprint density at radius 3 is 0.382 bits per heavy atom. The first kappa shape index (κ1) is 55.4. The van der Waals surface area contributed by atoms with Crippen LogP contribution in [0.1, 0.15) is 329 Å². The molecule has 0 unspecified atom stereocenters. The fraction of sp³-hybridized carbons (Fsp3) is 1.00. The zero-order chi connectivity index (χ0) is 39.6. The van der Waals surface area contributed by atoms with E-state index in [0.717, 1.165) is 10.9 Å². The summed E-state index contributed by atoms with van der Waals surface area (Å²) in [5.74, 6) is 4.70. The van der Waals surface area contributed by atoms with Crippen molar-refractivity contribution in [1.82, 2.24) is 0 Å². The van der Waals surface area contributed by atoms with E-state index in [1.54, 1.807) is 17.3 Å². The van der Waals surface area contributed by atoms with Crippen molar-refractivity contribution >= 4 is 10.9 Å². The Bertz CT molecular complexity index is 543. The summed E-state index contributed by atoms with van der Waals surface area (Å²) in [6, 6.07) is 0. The number of hydrogen-bond donors (Lipinski definition) is 0. The number of rotatable bonds is 51. The summed E-state index contributed by atoms with van der Waals surface area (Å²) >= 11 is 0. The van der Waals surface area contributed by atoms with Crippen molar-refractivity contribution in [2.45, 2.75) is 329 Å². The van der Waals surface area contributed by atoms with Gasteiger partial charge in [-0.2, -0.15) is 0 Å². The minimum atomic E-state index is 0.723. The first-order chi connectivity index (χ1) is 27.3. The van der Waals surface area contributed by atoms with E-state index in [1.165, 1.54) is 308 Å². The molecule has 0 radical (unpaired) electrons. The maximum atomic E-state index is 2.32. The summed E-state index contributed by atoms with van der Waals surface area (Å²) in [7, 11) is 0.723. The molecule has 0 rings (SSSR count). The first-order valence-corrected chi connectivity index (χ1v) is 28.7. The van der Waals surface area contributed by atoms with E-state index in [9.17, 15) is 0 Å². The second-order valence-electron chi connectivity index (χ2n) is 18.6. The summed E-state index contributed by atoms with van der Waals surface area (Å²) in [5.41, 5.74) is 0. The van der Waals surface area contributed by atoms with Crippen LogP contribution in [-0.2, 0) is 10.9 Å². The fourth-order valence-corrected chi connectivity index (χ4v) is 11.3. The van der Waals surface area contributed by atoms with Gasteiger partial charge in [-0.05, 0) is 49.4 Å². The molecule has 0 heterocycles. The second kappa shape index (κ2) is 52.4. The van der Waals surface area contributed by atoms with Crippen LogP contribution in [0.5, 0.6) is 0 Å². The molecule has 0 saturated heterocycles. The van der Waals surface area contributed by atoms with Gasteiger partial charge in [0.1, 0.15) is 17.3 Å². The molecule has 0 aromatic carbocycles. The van der Waals surface area contributed by atoms with Crippen molar-refractivity contribution in [3.63, 3.8) is 0 Å². The van der Waals surface area contributed by atoms with Gasteiger partial charge in [0.2, 0.25) is 0 Å². The van der Waals surface area contributed by atoms with E-state index in [4.69, 9.17) is 0 Å². The molecular formula is C54H111S+. The summed E-state index contributed by atoms with van der Waals surface area (Å²) in [6.45, 7) is 6.96. The Morgan fingerprint density at radius 2 is 0.255 bits per heavy atom. The van der Waals surface area contributed by atoms with Gasteiger partial charge in [0.15, 0.2) is 0 Å². The van der Waals surface area contributed by atoms with E-state index in [-0.39, 0.29) is 0 Å². The Labute approximate surface area is 355 Å². The van der Waals surface area contributed by atoms with Gasteiger partial charge in [-0.1, -0.05) is 290 Å². The van der Waals surface area contributed by atoms with Crippen LogP contribution < -0.4 is 0 Å². The van der Waals surface area contributed by atoms with Crippen molar-refractivity contribution in [2.24, 2.45) is 0 Å². The Balaban J connectivity index is 3.94. The van der Waals surface area contributed by atoms with Crippen LogP contribution in [0.25, 0.3) is 0 Å². The quantitative estimate of drug-likeness (QED) is 0.0425. The molecule has 0 spiro atoms. The molecule has 0 N–H and O–H groups in total. The van der Waals surface area contributed by atoms with E-state index < -0.39 is 0 Å². The lowest BCUT2D eigenvalue weighted by molar-refractivity contribution is 0.531. The molecule has 0 fully saturated rings. The molecule has 1 heteroatoms. The molecule has 55 heavy (non-hydrogen) atoms. The van der Waals surface area contributed by atoms with Crippen LogP contribution in [0.15, 0.2) is 0 Å². The van der Waals surface area contributed by atoms with Gasteiger partial charge in [-0.3, -0.25) is 0 Å². The zero-order valence-electron chi connectivity index (χ0n) is 39.5. The highest BCUT2D eigenvalue weighted by Crippen LogP contribution is 2.19. The van der Waals surface area contributed by atoms with E-state index in [2.05, 4.69) is 20.8 Å². The smallest absolute Gasteiger partial charge is 0.0654 e. The summed E-state index contributed by atoms with van der Waals surface area (Å²) in [6.07, 6.45) is 71.3. The van der Waals surface area contributed by atoms with Crippen molar-refractivity contribution < 1.29 is 0 Å². The predicted molar refractivity (Wildman–Crippen MR) is 261 cm³/mol. The van der Waals surface area contributed by atoms with Crippen molar-refractivity contribution in [3.05, 3.63) is 0 Å². The largest absolute Gasteiger partial charge is 0.108 e. The Kier molecular flexibility index (Phi) is 52.7. The van der Waals surface area contributed by atoms with E-state index >= 15 is 0 Å². The monoisotopic (exact) mass is 792 g/mol. The highest BCUT2D eigenvalue weighted by atomic mass is 32.2. The highest BCUT2D eigenvalue weighted by molar-refractivity contribution is 7.96. The van der Waals surface area contributed by atoms with Gasteiger partial charge in [-0.25, -0.2) is 0 Å². The van der Waals surface area contributed by atoms with Crippen molar-refractivity contribution in [2.75, 3.05) is 17.3 Å². The lowest BCUT2D eigenvalue weighted by Crippen LogP contribution is -2.17. The molecule has 332 valence electrons. The average molecular weight is 793 g/mol. The normalized spacial score (nSPS) is 11.8. The van der Waals surface area contributed by atoms with Crippen LogP contribution in [0.4, 0.5) is 0 Å². The third kappa shape index (κ3) is 50.4. The Morgan fingerprint density at radius 1 is 0.145 bits per heavy atom. The molecule has 0 aliphatic heterocycles. The third-order valence-corrected chi connectivity index (χ3v) is 15.5. The van der Waals surface area contributed by atoms with Crippen LogP contribution in [0, 0.1) is 0 Å². The molecule has 0 bridgehead atoms. The van der Waals surface area contributed by atoms with Gasteiger partial charge < -0.3 is 0 Å². The SMILES string of the molecule is CCCCCCCCCCCCCCCCCC[S+](CCCCCCCCCCCCCCCCCC)CCCCCCCCCCCCCCCCCC. The molecule has 0 nitrogen and oxygen atoms in total. The molecule has 0 amide bonds. The predicted octanol–water partition coefficient (Wildman–Crippen LogP) is 20.4. The fourth-order valence-electron chi connectivity index (χ4n) is 8.87. The van der Waals surface area contributed by atoms with E-state index in [0.29, 0.717) is 0 Å². The van der Waals surface area contributed by atoms with Gasteiger partial charge in [-0.15, -0.1) is 0 Å². The van der Waals surface area contributed by atoms with Crippen LogP contribution in [0.3, 0.4) is 0 Å². The maximum absolute atomic E-state index is 2.32. The Hall–Kier alpha value is 0.350. The first-order valence-electron chi connectivity index (χ1n) is 27.0. The molecule has 0 aromatic heterocycles. The zero-order valence-corrected chi connectivity index (χ0v) is 40.3. The molecule has 0 aromatic rings. The van der Waals surface area contributed by atoms with Crippen molar-refractivity contribution in [1.29, 1.82) is 0 Å². The average Bonchev–Trinajstić information content (AvgIpc) is 3.20. The molecule has 0 saturated carbocycles. The van der Waals surface area contributed by atoms with E-state index in [1.807, 2.05) is 0 Å². The summed E-state index contributed by atoms with van der Waals surface area (Å²) < 4.78 is 0. The molecule has 0 aliphatic rings. The highest BCUT2D eigenvalue weighted by Gasteiger charge is 2.16. The van der Waals surface area contributed by atoms with Crippen molar-refractivity contribution in [3.8, 4) is 0 Å². The lowest BCUT2D eigenvalue weighted by Gasteiger charge is -2.10. The van der Waals surface area contributed by atoms with Gasteiger partial charge in [0, 0.05) is 0 Å². The second-order valence-corrected chi connectivity index (χ2v) is 21.1. The third-order valence-electron chi connectivity index (χ3n) is 12.9. The molecule has 0 atom stereocenters. The minimum absolute atomic E-state index is 0.723. The van der Waals surface area contributed by atoms with Crippen LogP contribution >= 0.6 is 0 Å². The van der Waals surface area contributed by atoms with Gasteiger partial charge >= 0.3 is 0 Å². The van der Waals surface area contributed by atoms with Crippen LogP contribution in [0.2, 0.25) is 0 Å². The van der Waals surface area contributed by atoms with Crippen LogP contribution in [-0.4, -0.2) is 17.3 Å². The van der Waals surface area contributed by atoms with Gasteiger partial charge in [0.05, 0.1) is 0 Å². The summed E-state index contributed by atoms with van der Waals surface area (Å²) in [4.78, 5) is 0. The summed E-state index contributed by atoms with van der Waals surface area (Å²) in [5, 5.41) is 0. The molecule has 0 aliphatic carbocycles. The number of unbranched alkanes of at least 4 members (excludes halogenated alkanes) is 45.